The number of benzene rings is 1. The Labute approximate surface area is 135 Å². The number of fused-ring (bicyclic) bond motifs is 2. The average molecular weight is 415 g/mol. The van der Waals surface area contributed by atoms with Crippen LogP contribution in [0.2, 0.25) is 0 Å². The van der Waals surface area contributed by atoms with Gasteiger partial charge < -0.3 is 0 Å². The van der Waals surface area contributed by atoms with Crippen molar-refractivity contribution < 1.29 is 0 Å². The van der Waals surface area contributed by atoms with E-state index >= 15 is 0 Å². The maximum atomic E-state index is 12.5. The van der Waals surface area contributed by atoms with E-state index in [2.05, 4.69) is 48.9 Å². The van der Waals surface area contributed by atoms with Crippen molar-refractivity contribution in [1.29, 1.82) is 0 Å². The van der Waals surface area contributed by atoms with Gasteiger partial charge in [-0.2, -0.15) is 9.61 Å². The molecule has 0 bridgehead atoms. The zero-order valence-electron chi connectivity index (χ0n) is 10.4. The summed E-state index contributed by atoms with van der Waals surface area (Å²) in [5.41, 5.74) is 0.522. The fourth-order valence-corrected chi connectivity index (χ4v) is 5.19. The van der Waals surface area contributed by atoms with Crippen LogP contribution in [0.15, 0.2) is 29.1 Å². The average Bonchev–Trinajstić information content (AvgIpc) is 2.75. The maximum Gasteiger partial charge on any atom is 0.283 e. The first-order chi connectivity index (χ1) is 9.42. The van der Waals surface area contributed by atoms with Crippen LogP contribution in [0.3, 0.4) is 0 Å². The molecule has 0 radical (unpaired) electrons. The lowest BCUT2D eigenvalue weighted by Gasteiger charge is -2.06. The van der Waals surface area contributed by atoms with Gasteiger partial charge in [0.25, 0.3) is 5.56 Å². The Bertz CT molecular complexity index is 917. The minimum atomic E-state index is -0.121. The Morgan fingerprint density at radius 3 is 2.75 bits per heavy atom. The van der Waals surface area contributed by atoms with Gasteiger partial charge in [-0.3, -0.25) is 4.79 Å². The van der Waals surface area contributed by atoms with Gasteiger partial charge in [-0.05, 0) is 18.6 Å². The molecule has 0 amide bonds. The highest BCUT2D eigenvalue weighted by molar-refractivity contribution is 9.25. The number of nitrogens with zero attached hydrogens (tertiary/aromatic N) is 3. The number of alkyl halides is 2. The molecular weight excluding hydrogens is 406 g/mol. The standard InChI is InChI=1S/C13H9Br2N3OS/c1-12(6-13(12,14)15)10-17-18-9(19)7-4-2-3-5-8(7)16-11(18)20-10/h2-5H,6H2,1H3/t12-/m0/s1. The van der Waals surface area contributed by atoms with E-state index in [-0.39, 0.29) is 14.2 Å². The summed E-state index contributed by atoms with van der Waals surface area (Å²) in [6, 6.07) is 7.37. The Balaban J connectivity index is 2.03. The number of halogens is 2. The van der Waals surface area contributed by atoms with E-state index in [1.165, 1.54) is 15.9 Å². The lowest BCUT2D eigenvalue weighted by molar-refractivity contribution is 0.734. The monoisotopic (exact) mass is 413 g/mol. The molecule has 3 aromatic rings. The molecule has 2 heterocycles. The lowest BCUT2D eigenvalue weighted by Crippen LogP contribution is -2.16. The summed E-state index contributed by atoms with van der Waals surface area (Å²) in [5, 5.41) is 6.02. The van der Waals surface area contributed by atoms with Crippen molar-refractivity contribution in [1.82, 2.24) is 14.6 Å². The Morgan fingerprint density at radius 2 is 2.05 bits per heavy atom. The van der Waals surface area contributed by atoms with Gasteiger partial charge in [0.1, 0.15) is 5.01 Å². The van der Waals surface area contributed by atoms with E-state index in [4.69, 9.17) is 0 Å². The summed E-state index contributed by atoms with van der Waals surface area (Å²) in [7, 11) is 0. The second-order valence-corrected chi connectivity index (χ2v) is 9.98. The van der Waals surface area contributed by atoms with Crippen molar-refractivity contribution in [3.8, 4) is 0 Å². The number of rotatable bonds is 1. The van der Waals surface area contributed by atoms with Crippen molar-refractivity contribution in [2.24, 2.45) is 0 Å². The summed E-state index contributed by atoms with van der Waals surface area (Å²) in [6.07, 6.45) is 0.939. The zero-order chi connectivity index (χ0) is 14.1. The first-order valence-electron chi connectivity index (χ1n) is 6.09. The van der Waals surface area contributed by atoms with E-state index in [1.54, 1.807) is 6.07 Å². The lowest BCUT2D eigenvalue weighted by atomic mass is 10.2. The molecule has 0 N–H and O–H groups in total. The molecule has 0 unspecified atom stereocenters. The van der Waals surface area contributed by atoms with Crippen LogP contribution >= 0.6 is 43.2 Å². The molecule has 7 heteroatoms. The van der Waals surface area contributed by atoms with Gasteiger partial charge in [0.2, 0.25) is 4.96 Å². The van der Waals surface area contributed by atoms with Crippen LogP contribution in [0.1, 0.15) is 18.4 Å². The largest absolute Gasteiger partial charge is 0.283 e. The molecule has 1 saturated carbocycles. The van der Waals surface area contributed by atoms with Gasteiger partial charge in [0.15, 0.2) is 0 Å². The van der Waals surface area contributed by atoms with Crippen LogP contribution < -0.4 is 5.56 Å². The first kappa shape index (κ1) is 12.9. The number of hydrogen-bond donors (Lipinski definition) is 0. The quantitative estimate of drug-likeness (QED) is 0.573. The molecule has 1 atom stereocenters. The third kappa shape index (κ3) is 1.60. The summed E-state index contributed by atoms with van der Waals surface area (Å²) in [4.78, 5) is 17.6. The van der Waals surface area contributed by atoms with Gasteiger partial charge in [0.05, 0.1) is 14.1 Å². The van der Waals surface area contributed by atoms with Crippen LogP contribution in [-0.2, 0) is 5.41 Å². The molecule has 0 spiro atoms. The Kier molecular flexibility index (Phi) is 2.52. The molecule has 4 rings (SSSR count). The number of hydrogen-bond acceptors (Lipinski definition) is 4. The van der Waals surface area contributed by atoms with E-state index in [0.717, 1.165) is 16.9 Å². The first-order valence-corrected chi connectivity index (χ1v) is 8.50. The van der Waals surface area contributed by atoms with Crippen LogP contribution in [0.25, 0.3) is 15.9 Å². The third-order valence-corrected chi connectivity index (χ3v) is 7.32. The topological polar surface area (TPSA) is 47.3 Å². The Hall–Kier alpha value is -0.790. The van der Waals surface area contributed by atoms with Gasteiger partial charge in [-0.1, -0.05) is 62.3 Å². The second-order valence-electron chi connectivity index (χ2n) is 5.25. The van der Waals surface area contributed by atoms with E-state index in [1.807, 2.05) is 18.2 Å². The van der Waals surface area contributed by atoms with Gasteiger partial charge >= 0.3 is 0 Å². The third-order valence-electron chi connectivity index (χ3n) is 3.83. The highest BCUT2D eigenvalue weighted by atomic mass is 79.9. The molecule has 1 aromatic carbocycles. The summed E-state index contributed by atoms with van der Waals surface area (Å²) in [6.45, 7) is 2.12. The van der Waals surface area contributed by atoms with E-state index < -0.39 is 0 Å². The van der Waals surface area contributed by atoms with Crippen molar-refractivity contribution in [2.75, 3.05) is 0 Å². The Morgan fingerprint density at radius 1 is 1.35 bits per heavy atom. The summed E-state index contributed by atoms with van der Waals surface area (Å²) >= 11 is 8.76. The number of para-hydroxylation sites is 1. The van der Waals surface area contributed by atoms with Crippen molar-refractivity contribution >= 4 is 59.1 Å². The minimum Gasteiger partial charge on any atom is -0.267 e. The van der Waals surface area contributed by atoms with Crippen LogP contribution in [0.5, 0.6) is 0 Å². The highest BCUT2D eigenvalue weighted by Crippen LogP contribution is 2.67. The van der Waals surface area contributed by atoms with Gasteiger partial charge in [-0.15, -0.1) is 0 Å². The predicted molar refractivity (Wildman–Crippen MR) is 87.2 cm³/mol. The minimum absolute atomic E-state index is 0.0933. The fraction of sp³-hybridized carbons (Fsp3) is 0.308. The fourth-order valence-electron chi connectivity index (χ4n) is 2.31. The molecule has 1 aliphatic rings. The molecule has 1 fully saturated rings. The van der Waals surface area contributed by atoms with Gasteiger partial charge in [-0.25, -0.2) is 4.98 Å². The zero-order valence-corrected chi connectivity index (χ0v) is 14.4. The second kappa shape index (κ2) is 3.90. The maximum absolute atomic E-state index is 12.5. The van der Waals surface area contributed by atoms with Crippen molar-refractivity contribution in [2.45, 2.75) is 22.0 Å². The molecule has 102 valence electrons. The van der Waals surface area contributed by atoms with Crippen LogP contribution in [-0.4, -0.2) is 17.8 Å². The predicted octanol–water partition coefficient (Wildman–Crippen LogP) is 3.45. The van der Waals surface area contributed by atoms with E-state index in [9.17, 15) is 4.79 Å². The SMILES string of the molecule is C[C@@]1(c2nn3c(=O)c4ccccc4nc3s2)CC1(Br)Br. The molecule has 20 heavy (non-hydrogen) atoms. The molecule has 4 nitrogen and oxygen atoms in total. The molecule has 0 saturated heterocycles. The van der Waals surface area contributed by atoms with Gasteiger partial charge in [0, 0.05) is 5.41 Å². The van der Waals surface area contributed by atoms with Crippen LogP contribution in [0.4, 0.5) is 0 Å². The van der Waals surface area contributed by atoms with E-state index in [0.29, 0.717) is 10.3 Å². The highest BCUT2D eigenvalue weighted by Gasteiger charge is 2.64. The summed E-state index contributed by atoms with van der Waals surface area (Å²) in [5.74, 6) is 0. The van der Waals surface area contributed by atoms with Crippen molar-refractivity contribution in [3.63, 3.8) is 0 Å². The molecular formula is C13H9Br2N3OS. The normalized spacial score (nSPS) is 24.4. The summed E-state index contributed by atoms with van der Waals surface area (Å²) < 4.78 is 1.30. The smallest absolute Gasteiger partial charge is 0.267 e. The van der Waals surface area contributed by atoms with Crippen LogP contribution in [0, 0.1) is 0 Å². The molecule has 0 aliphatic heterocycles. The number of aromatic nitrogens is 3. The molecule has 2 aromatic heterocycles. The molecule has 1 aliphatic carbocycles. The van der Waals surface area contributed by atoms with Crippen molar-refractivity contribution in [3.05, 3.63) is 39.6 Å².